The maximum atomic E-state index is 12.9. The highest BCUT2D eigenvalue weighted by molar-refractivity contribution is 6.31. The Morgan fingerprint density at radius 1 is 1.14 bits per heavy atom. The highest BCUT2D eigenvalue weighted by Crippen LogP contribution is 2.23. The van der Waals surface area contributed by atoms with Crippen LogP contribution < -0.4 is 31.4 Å². The van der Waals surface area contributed by atoms with E-state index in [2.05, 4.69) is 29.7 Å². The molecule has 15 heteroatoms. The summed E-state index contributed by atoms with van der Waals surface area (Å²) in [5.74, 6) is 0.595. The summed E-state index contributed by atoms with van der Waals surface area (Å²) < 4.78 is 15.6. The smallest absolute Gasteiger partial charge is 0.410 e. The molecule has 0 saturated carbocycles. The first-order valence-corrected chi connectivity index (χ1v) is 15.0. The molecule has 2 aromatic heterocycles. The molecule has 3 amide bonds. The number of carbonyl (C=O) groups is 3. The number of imidazole rings is 1. The molecule has 1 unspecified atom stereocenters. The van der Waals surface area contributed by atoms with Crippen molar-refractivity contribution in [3.05, 3.63) is 34.9 Å². The maximum absolute atomic E-state index is 12.9. The Hall–Kier alpha value is -4.33. The van der Waals surface area contributed by atoms with Crippen molar-refractivity contribution in [3.63, 3.8) is 0 Å². The fraction of sp³-hybridized carbons (Fsp3) is 0.517. The Morgan fingerprint density at radius 2 is 1.89 bits per heavy atom. The molecule has 1 atom stereocenters. The van der Waals surface area contributed by atoms with Gasteiger partial charge in [0.25, 0.3) is 11.7 Å². The van der Waals surface area contributed by atoms with Gasteiger partial charge >= 0.3 is 6.09 Å². The van der Waals surface area contributed by atoms with Crippen molar-refractivity contribution < 1.29 is 28.4 Å². The minimum absolute atomic E-state index is 0.0466. The molecule has 1 aromatic carbocycles. The van der Waals surface area contributed by atoms with Crippen LogP contribution in [-0.4, -0.2) is 68.7 Å². The number of benzene rings is 1. The molecule has 1 fully saturated rings. The van der Waals surface area contributed by atoms with E-state index in [9.17, 15) is 14.4 Å². The predicted octanol–water partition coefficient (Wildman–Crippen LogP) is 2.40. The lowest BCUT2D eigenvalue weighted by Crippen LogP contribution is -2.48. The number of anilines is 2. The molecular weight excluding hydrogens is 590 g/mol. The summed E-state index contributed by atoms with van der Waals surface area (Å²) in [5.41, 5.74) is 12.6. The Kier molecular flexibility index (Phi) is 10.0. The van der Waals surface area contributed by atoms with Crippen LogP contribution in [0.3, 0.4) is 0 Å². The molecule has 14 nitrogen and oxygen atoms in total. The van der Waals surface area contributed by atoms with Gasteiger partial charge in [-0.15, -0.1) is 0 Å². The minimum Gasteiger partial charge on any atom is -0.492 e. The Morgan fingerprint density at radius 3 is 2.57 bits per heavy atom. The van der Waals surface area contributed by atoms with E-state index in [0.717, 1.165) is 23.3 Å². The number of hydrogen-bond acceptors (Lipinski definition) is 9. The van der Waals surface area contributed by atoms with Crippen LogP contribution in [0.4, 0.5) is 16.4 Å². The van der Waals surface area contributed by atoms with Gasteiger partial charge in [-0.2, -0.15) is 0 Å². The van der Waals surface area contributed by atoms with Gasteiger partial charge in [-0.05, 0) is 59.6 Å². The summed E-state index contributed by atoms with van der Waals surface area (Å²) in [6.45, 7) is 11.9. The van der Waals surface area contributed by atoms with Crippen molar-refractivity contribution in [1.29, 1.82) is 0 Å². The fourth-order valence-electron chi connectivity index (χ4n) is 5.25. The van der Waals surface area contributed by atoms with E-state index < -0.39 is 23.6 Å². The van der Waals surface area contributed by atoms with Crippen molar-refractivity contribution in [1.82, 2.24) is 30.1 Å². The number of nitrogen functional groups attached to an aromatic ring is 2. The van der Waals surface area contributed by atoms with Crippen molar-refractivity contribution in [2.45, 2.75) is 78.7 Å². The molecule has 238 valence electrons. The van der Waals surface area contributed by atoms with Crippen LogP contribution in [0, 0.1) is 0 Å². The van der Waals surface area contributed by atoms with Gasteiger partial charge in [0.1, 0.15) is 30.5 Å². The van der Waals surface area contributed by atoms with Gasteiger partial charge in [0.2, 0.25) is 5.91 Å². The second-order valence-corrected chi connectivity index (χ2v) is 11.7. The van der Waals surface area contributed by atoms with Crippen LogP contribution in [0.5, 0.6) is 5.75 Å². The molecule has 3 aromatic rings. The minimum atomic E-state index is -0.630. The van der Waals surface area contributed by atoms with E-state index in [1.165, 1.54) is 4.90 Å². The highest BCUT2D eigenvalue weighted by Gasteiger charge is 2.36. The molecule has 1 aliphatic rings. The molecular formula is C29H41ClN9O5+. The van der Waals surface area contributed by atoms with E-state index in [-0.39, 0.29) is 48.1 Å². The lowest BCUT2D eigenvalue weighted by Gasteiger charge is -2.28. The number of amides is 3. The average molecular weight is 631 g/mol. The summed E-state index contributed by atoms with van der Waals surface area (Å²) >= 11 is 5.94. The van der Waals surface area contributed by atoms with Gasteiger partial charge in [0.15, 0.2) is 33.5 Å². The van der Waals surface area contributed by atoms with Crippen LogP contribution in [0.1, 0.15) is 63.8 Å². The largest absolute Gasteiger partial charge is 0.492 e. The molecule has 3 heterocycles. The number of ether oxygens (including phenoxy) is 2. The first kappa shape index (κ1) is 32.6. The zero-order valence-corrected chi connectivity index (χ0v) is 26.5. The number of nitrogens with zero attached hydrogens (tertiary/aromatic N) is 5. The number of hydrogen-bond donors (Lipinski definition) is 4. The Balaban J connectivity index is 1.40. The summed E-state index contributed by atoms with van der Waals surface area (Å²) in [6, 6.07) is 5.21. The third-order valence-electron chi connectivity index (χ3n) is 7.16. The normalized spacial score (nSPS) is 15.0. The summed E-state index contributed by atoms with van der Waals surface area (Å²) in [7, 11) is 0. The van der Waals surface area contributed by atoms with Gasteiger partial charge in [-0.3, -0.25) is 14.5 Å². The van der Waals surface area contributed by atoms with Gasteiger partial charge in [0, 0.05) is 12.6 Å². The number of likely N-dealkylation sites (tertiary alicyclic amines) is 1. The molecule has 4 rings (SSSR count). The zero-order chi connectivity index (χ0) is 32.2. The first-order chi connectivity index (χ1) is 20.8. The molecule has 6 N–H and O–H groups in total. The van der Waals surface area contributed by atoms with Crippen LogP contribution in [0.15, 0.2) is 18.2 Å². The maximum Gasteiger partial charge on any atom is 0.410 e. The quantitative estimate of drug-likeness (QED) is 0.193. The van der Waals surface area contributed by atoms with Crippen molar-refractivity contribution in [3.8, 4) is 5.75 Å². The zero-order valence-electron chi connectivity index (χ0n) is 25.8. The van der Waals surface area contributed by atoms with E-state index in [0.29, 0.717) is 31.8 Å². The SMILES string of the molecule is CCn1c(CNC(=O)c2nc(Cl)c(N)nc2N)[n+](CC)c2ccc(OCCNC(=O)C3CCCN3C(=O)OC(C)(C)C)cc21. The van der Waals surface area contributed by atoms with E-state index in [1.807, 2.05) is 32.0 Å². The third-order valence-corrected chi connectivity index (χ3v) is 7.44. The second-order valence-electron chi connectivity index (χ2n) is 11.3. The topological polar surface area (TPSA) is 184 Å². The van der Waals surface area contributed by atoms with Gasteiger partial charge in [0.05, 0.1) is 19.6 Å². The van der Waals surface area contributed by atoms with Crippen LogP contribution in [0.2, 0.25) is 5.15 Å². The number of aromatic nitrogens is 4. The van der Waals surface area contributed by atoms with Crippen LogP contribution in [0.25, 0.3) is 11.0 Å². The number of nitrogens with two attached hydrogens (primary N) is 2. The number of carbonyl (C=O) groups excluding carboxylic acids is 3. The molecule has 0 spiro atoms. The monoisotopic (exact) mass is 630 g/mol. The summed E-state index contributed by atoms with van der Waals surface area (Å²) in [5, 5.41) is 5.64. The molecule has 1 aliphatic heterocycles. The van der Waals surface area contributed by atoms with Crippen molar-refractivity contribution in [2.75, 3.05) is 31.2 Å². The summed E-state index contributed by atoms with van der Waals surface area (Å²) in [6.07, 6.45) is 0.853. The molecule has 0 bridgehead atoms. The second kappa shape index (κ2) is 13.5. The first-order valence-electron chi connectivity index (χ1n) is 14.7. The van der Waals surface area contributed by atoms with Gasteiger partial charge in [-0.25, -0.2) is 23.9 Å². The van der Waals surface area contributed by atoms with Crippen LogP contribution in [-0.2, 0) is 29.2 Å². The average Bonchev–Trinajstić information content (AvgIpc) is 3.57. The third kappa shape index (κ3) is 7.24. The van der Waals surface area contributed by atoms with E-state index >= 15 is 0 Å². The number of fused-ring (bicyclic) bond motifs is 1. The standard InChI is InChI=1S/C29H40ClN9O5/c1-6-37-18-11-10-17(43-14-12-33-26(40)19-9-8-13-39(19)28(42)44-29(3,4)5)15-20(18)38(7-2)21(37)16-34-27(41)22-24(31)36-25(32)23(30)35-22/h10-11,15,19H,6-9,12-14,16H2,1-5H3,(H5-,31,32,33,34,36,40,41)/p+1. The lowest BCUT2D eigenvalue weighted by molar-refractivity contribution is -0.676. The van der Waals surface area contributed by atoms with Gasteiger partial charge in [-0.1, -0.05) is 11.6 Å². The number of nitrogens with one attached hydrogen (secondary N) is 2. The fourth-order valence-corrected chi connectivity index (χ4v) is 5.38. The molecule has 0 radical (unpaired) electrons. The molecule has 0 aliphatic carbocycles. The Bertz CT molecular complexity index is 1550. The highest BCUT2D eigenvalue weighted by atomic mass is 35.5. The van der Waals surface area contributed by atoms with Gasteiger partial charge < -0.3 is 31.6 Å². The predicted molar refractivity (Wildman–Crippen MR) is 165 cm³/mol. The molecule has 1 saturated heterocycles. The Labute approximate surface area is 261 Å². The number of aryl methyl sites for hydroxylation is 2. The number of rotatable bonds is 10. The van der Waals surface area contributed by atoms with E-state index in [1.54, 1.807) is 20.8 Å². The van der Waals surface area contributed by atoms with Crippen LogP contribution >= 0.6 is 11.6 Å². The lowest BCUT2D eigenvalue weighted by atomic mass is 10.2. The van der Waals surface area contributed by atoms with E-state index in [4.69, 9.17) is 32.5 Å². The molecule has 44 heavy (non-hydrogen) atoms. The summed E-state index contributed by atoms with van der Waals surface area (Å²) in [4.78, 5) is 47.6. The van der Waals surface area contributed by atoms with Crippen molar-refractivity contribution in [2.24, 2.45) is 0 Å². The van der Waals surface area contributed by atoms with Crippen molar-refractivity contribution >= 4 is 52.2 Å². The number of halogens is 1.